The van der Waals surface area contributed by atoms with Gasteiger partial charge in [0.15, 0.2) is 12.6 Å². The van der Waals surface area contributed by atoms with Crippen LogP contribution in [0, 0.1) is 0 Å². The summed E-state index contributed by atoms with van der Waals surface area (Å²) in [6.07, 6.45) is -14.5. The molecule has 15 nitrogen and oxygen atoms in total. The molecule has 0 saturated carbocycles. The van der Waals surface area contributed by atoms with Gasteiger partial charge in [0.25, 0.3) is 0 Å². The zero-order valence-corrected chi connectivity index (χ0v) is 18.5. The van der Waals surface area contributed by atoms with E-state index in [2.05, 4.69) is 8.37 Å². The van der Waals surface area contributed by atoms with E-state index in [1.165, 1.54) is 28.1 Å². The van der Waals surface area contributed by atoms with Gasteiger partial charge in [-0.05, 0) is 13.8 Å². The molecule has 0 bridgehead atoms. The number of ether oxygens (including phenoxy) is 5. The summed E-state index contributed by atoms with van der Waals surface area (Å²) in [7, 11) is -7.45. The van der Waals surface area contributed by atoms with Crippen LogP contribution in [0.4, 0.5) is 0 Å². The summed E-state index contributed by atoms with van der Waals surface area (Å²) < 4.78 is 98.4. The van der Waals surface area contributed by atoms with E-state index < -0.39 is 82.2 Å². The van der Waals surface area contributed by atoms with Gasteiger partial charge in [-0.3, -0.25) is 9.11 Å². The van der Waals surface area contributed by atoms with Gasteiger partial charge in [0.1, 0.15) is 36.6 Å². The van der Waals surface area contributed by atoms with Crippen molar-refractivity contribution < 1.29 is 68.2 Å². The van der Waals surface area contributed by atoms with Gasteiger partial charge in [0, 0.05) is 14.2 Å². The van der Waals surface area contributed by atoms with Crippen LogP contribution in [0.3, 0.4) is 0 Å². The summed E-state index contributed by atoms with van der Waals surface area (Å²) in [4.78, 5) is 0. The fourth-order valence-corrected chi connectivity index (χ4v) is 4.48. The fraction of sp³-hybridized carbons (Fsp3) is 1.00. The molecule has 0 aromatic carbocycles. The molecular weight excluding hydrogens is 472 g/mol. The molecule has 0 aromatic rings. The monoisotopic (exact) mass is 498 g/mol. The fourth-order valence-electron chi connectivity index (χ4n) is 3.38. The number of aliphatic hydroxyl groups excluding tert-OH is 2. The lowest BCUT2D eigenvalue weighted by Crippen LogP contribution is -2.64. The summed E-state index contributed by atoms with van der Waals surface area (Å²) in [5, 5.41) is 20.6. The van der Waals surface area contributed by atoms with Crippen molar-refractivity contribution in [1.82, 2.24) is 0 Å². The lowest BCUT2D eigenvalue weighted by atomic mass is 9.97. The summed E-state index contributed by atoms with van der Waals surface area (Å²) in [5.41, 5.74) is 0. The van der Waals surface area contributed by atoms with Crippen LogP contribution in [0.2, 0.25) is 0 Å². The number of methoxy groups -OCH3 is 2. The standard InChI is InChI=1S/C14H26O15S2/c1-5-9(28-30(17,18)19)7(15)8(16)13(25-5)27-11-10(29-31(20,21)22)6(2)26-14(24-4)12(11)23-3/h5-16H,1-4H3,(H,17,18,19)(H,20,21,22)/t5-,6+,7-,8+,9-,10-,11+,12-,13+,14-/m1/s1. The Kier molecular flexibility index (Phi) is 8.75. The zero-order chi connectivity index (χ0) is 23.7. The van der Waals surface area contributed by atoms with Gasteiger partial charge in [-0.15, -0.1) is 0 Å². The van der Waals surface area contributed by atoms with Crippen molar-refractivity contribution in [2.75, 3.05) is 14.2 Å². The van der Waals surface area contributed by atoms with Crippen LogP contribution >= 0.6 is 0 Å². The number of aliphatic hydroxyl groups is 2. The van der Waals surface area contributed by atoms with Crippen molar-refractivity contribution in [3.63, 3.8) is 0 Å². The molecule has 0 aliphatic carbocycles. The molecule has 4 N–H and O–H groups in total. The van der Waals surface area contributed by atoms with E-state index >= 15 is 0 Å². The number of hydrogen-bond acceptors (Lipinski definition) is 13. The molecule has 184 valence electrons. The molecule has 17 heteroatoms. The van der Waals surface area contributed by atoms with Crippen molar-refractivity contribution >= 4 is 20.8 Å². The van der Waals surface area contributed by atoms with Crippen LogP contribution in [0.25, 0.3) is 0 Å². The second-order valence-corrected chi connectivity index (χ2v) is 9.01. The third kappa shape index (κ3) is 6.73. The second kappa shape index (κ2) is 10.2. The Morgan fingerprint density at radius 2 is 1.16 bits per heavy atom. The Hall–Kier alpha value is -0.540. The minimum Gasteiger partial charge on any atom is -0.387 e. The smallest absolute Gasteiger partial charge is 0.387 e. The van der Waals surface area contributed by atoms with E-state index in [0.717, 1.165) is 0 Å². The molecule has 2 aliphatic heterocycles. The first kappa shape index (κ1) is 26.7. The molecule has 0 aromatic heterocycles. The van der Waals surface area contributed by atoms with Gasteiger partial charge in [-0.1, -0.05) is 0 Å². The maximum Gasteiger partial charge on any atom is 0.397 e. The third-order valence-electron chi connectivity index (χ3n) is 4.77. The van der Waals surface area contributed by atoms with Crippen LogP contribution in [0.1, 0.15) is 13.8 Å². The first-order valence-corrected chi connectivity index (χ1v) is 11.6. The molecule has 0 amide bonds. The highest BCUT2D eigenvalue weighted by atomic mass is 32.3. The van der Waals surface area contributed by atoms with Gasteiger partial charge >= 0.3 is 20.8 Å². The lowest BCUT2D eigenvalue weighted by molar-refractivity contribution is -0.350. The second-order valence-electron chi connectivity index (χ2n) is 6.91. The molecule has 31 heavy (non-hydrogen) atoms. The predicted octanol–water partition coefficient (Wildman–Crippen LogP) is -2.38. The van der Waals surface area contributed by atoms with Crippen LogP contribution in [0.5, 0.6) is 0 Å². The van der Waals surface area contributed by atoms with E-state index in [1.54, 1.807) is 0 Å². The number of hydrogen-bond donors (Lipinski definition) is 4. The Bertz CT molecular complexity index is 801. The van der Waals surface area contributed by atoms with E-state index in [9.17, 15) is 27.0 Å². The van der Waals surface area contributed by atoms with Crippen molar-refractivity contribution in [2.45, 2.75) is 75.3 Å². The molecule has 2 heterocycles. The van der Waals surface area contributed by atoms with E-state index in [1.807, 2.05) is 0 Å². The van der Waals surface area contributed by atoms with Crippen LogP contribution < -0.4 is 0 Å². The molecule has 0 unspecified atom stereocenters. The highest BCUT2D eigenvalue weighted by Gasteiger charge is 2.53. The minimum atomic E-state index is -4.98. The highest BCUT2D eigenvalue weighted by Crippen LogP contribution is 2.33. The van der Waals surface area contributed by atoms with Gasteiger partial charge in [-0.2, -0.15) is 16.8 Å². The Morgan fingerprint density at radius 1 is 0.677 bits per heavy atom. The molecule has 2 rings (SSSR count). The summed E-state index contributed by atoms with van der Waals surface area (Å²) >= 11 is 0. The van der Waals surface area contributed by atoms with E-state index in [4.69, 9.17) is 32.8 Å². The van der Waals surface area contributed by atoms with Crippen LogP contribution in [-0.4, -0.2) is 112 Å². The summed E-state index contributed by atoms with van der Waals surface area (Å²) in [6, 6.07) is 0. The summed E-state index contributed by atoms with van der Waals surface area (Å²) in [5.74, 6) is 0. The van der Waals surface area contributed by atoms with Crippen molar-refractivity contribution in [2.24, 2.45) is 0 Å². The maximum atomic E-state index is 11.3. The minimum absolute atomic E-state index is 1.03. The van der Waals surface area contributed by atoms with E-state index in [-0.39, 0.29) is 0 Å². The SMILES string of the molecule is CO[C@@H]1O[C@@H](C)[C@@H](OS(=O)(=O)O)[C@H](O[C@@H]2O[C@H](C)[C@@H](OS(=O)(=O)O)[C@H](O)[C@@H]2O)[C@H]1OC. The summed E-state index contributed by atoms with van der Waals surface area (Å²) in [6.45, 7) is 2.67. The Labute approximate surface area is 179 Å². The molecule has 2 aliphatic rings. The highest BCUT2D eigenvalue weighted by molar-refractivity contribution is 7.81. The topological polar surface area (TPSA) is 214 Å². The molecule has 10 atom stereocenters. The number of rotatable bonds is 8. The molecule has 0 spiro atoms. The van der Waals surface area contributed by atoms with E-state index in [0.29, 0.717) is 0 Å². The van der Waals surface area contributed by atoms with Gasteiger partial charge in [-0.25, -0.2) is 8.37 Å². The largest absolute Gasteiger partial charge is 0.397 e. The van der Waals surface area contributed by atoms with Gasteiger partial charge in [0.2, 0.25) is 0 Å². The molecule has 0 radical (unpaired) electrons. The van der Waals surface area contributed by atoms with Crippen molar-refractivity contribution in [3.05, 3.63) is 0 Å². The third-order valence-corrected chi connectivity index (χ3v) is 5.70. The maximum absolute atomic E-state index is 11.3. The van der Waals surface area contributed by atoms with Crippen LogP contribution in [0.15, 0.2) is 0 Å². The average Bonchev–Trinajstić information content (AvgIpc) is 2.63. The quantitative estimate of drug-likeness (QED) is 0.257. The average molecular weight is 498 g/mol. The van der Waals surface area contributed by atoms with Gasteiger partial charge < -0.3 is 33.9 Å². The normalized spacial score (nSPS) is 42.5. The molecule has 2 saturated heterocycles. The van der Waals surface area contributed by atoms with Crippen LogP contribution in [-0.2, 0) is 52.8 Å². The molecule has 2 fully saturated rings. The lowest BCUT2D eigenvalue weighted by Gasteiger charge is -2.47. The first-order chi connectivity index (χ1) is 14.2. The first-order valence-electron chi connectivity index (χ1n) is 8.88. The predicted molar refractivity (Wildman–Crippen MR) is 96.2 cm³/mol. The molecular formula is C14H26O15S2. The van der Waals surface area contributed by atoms with Gasteiger partial charge in [0.05, 0.1) is 12.2 Å². The van der Waals surface area contributed by atoms with Crippen molar-refractivity contribution in [3.8, 4) is 0 Å². The van der Waals surface area contributed by atoms with Crippen molar-refractivity contribution in [1.29, 1.82) is 0 Å². The Balaban J connectivity index is 2.30. The Morgan fingerprint density at radius 3 is 1.65 bits per heavy atom. The zero-order valence-electron chi connectivity index (χ0n) is 16.9.